The molecule has 0 atom stereocenters. The Balaban J connectivity index is -0.0000000384. The van der Waals surface area contributed by atoms with Gasteiger partial charge in [0.15, 0.2) is 0 Å². The molecule has 0 unspecified atom stereocenters. The predicted octanol–water partition coefficient (Wildman–Crippen LogP) is -7.53. The van der Waals surface area contributed by atoms with Crippen molar-refractivity contribution in [3.05, 3.63) is 0 Å². The van der Waals surface area contributed by atoms with Crippen LogP contribution in [-0.2, 0) is 296 Å². The summed E-state index contributed by atoms with van der Waals surface area (Å²) in [5, 5.41) is 0. The molecule has 0 rings (SSSR count). The van der Waals surface area contributed by atoms with Crippen LogP contribution in [0.3, 0.4) is 0 Å². The van der Waals surface area contributed by atoms with E-state index in [1.165, 1.54) is 0 Å². The zero-order chi connectivity index (χ0) is 39.2. The van der Waals surface area contributed by atoms with Gasteiger partial charge in [0, 0.05) is 21.1 Å². The van der Waals surface area contributed by atoms with Gasteiger partial charge in [0.25, 0.3) is 0 Å². The van der Waals surface area contributed by atoms with Crippen molar-refractivity contribution in [3.8, 4) is 0 Å². The van der Waals surface area contributed by atoms with Gasteiger partial charge in [-0.3, -0.25) is 0 Å². The van der Waals surface area contributed by atoms with Gasteiger partial charge in [-0.25, -0.2) is 0 Å². The largest absolute Gasteiger partial charge is 0 e. The maximum Gasteiger partial charge on any atom is 0 e. The van der Waals surface area contributed by atoms with Gasteiger partial charge in [-0.15, -0.1) is 0 Å². The minimum Gasteiger partial charge on any atom is 0 e. The standard InChI is InChI=1S/6H3N.7H2O.33O.12W/h6*1H3;7*1H2;;;;;;;;;;;;;;;;;;;;;;;;;;;;;;;;;;;;;;;;;;;;;/q;;;;;;;;;;;;;;;;;;;;;;;;;;;;;;;;;;;;;;;;;;;3*-1;;;;;;;;;;3*+1. The average molecular weight is 2960 g/mol. The summed E-state index contributed by atoms with van der Waals surface area (Å²) >= 11 is -76.7. The first-order chi connectivity index (χ1) is 19.7. The van der Waals surface area contributed by atoms with Gasteiger partial charge in [0.1, 0.15) is 0 Å². The summed E-state index contributed by atoms with van der Waals surface area (Å²) in [4.78, 5) is 0. The number of hydrogen-bond donors (Lipinski definition) is 9. The van der Waals surface area contributed by atoms with E-state index in [0.29, 0.717) is 0 Å². The van der Waals surface area contributed by atoms with E-state index < -0.39 is 184 Å². The molecule has 32 N–H and O–H groups in total. The van der Waals surface area contributed by atoms with E-state index in [-0.39, 0.29) is 79.9 Å². The van der Waals surface area contributed by atoms with Gasteiger partial charge in [-0.1, -0.05) is 0 Å². The Hall–Kier alpha value is 2.90. The SMILES string of the molecule is O.[NH4+].[NH4+].[NH4+].[NH4+].[NH4+].[NH4+].[OH-].[OH-].[OH-].[O]=[W](=[O])([O-])[O][W](=[O])(=[O])[O][W](=[O])(=[O])[OH].[O]=[W](=[O])([O-])[O][W](=[O])(=[O])[O][W](=[O])(=[O])[O][W](=[O])(=[O])[OH].[O]=[W](=[O])([O-])[O][W](=[O])(=[O])[O][W](=[O])(=[O])[O][W](=[O])(=[O])[OH].[W]. The van der Waals surface area contributed by atoms with Crippen LogP contribution in [0.15, 0.2) is 0 Å². The Labute approximate surface area is 371 Å². The molecule has 0 aromatic heterocycles. The molecular weight excluding hydrogens is 2930 g/mol. The molecule has 0 saturated heterocycles. The van der Waals surface area contributed by atoms with Crippen LogP contribution < -0.4 is 48.2 Å². The van der Waals surface area contributed by atoms with E-state index >= 15 is 0 Å². The molecule has 0 aromatic rings. The fourth-order valence-corrected chi connectivity index (χ4v) is 86.5. The van der Waals surface area contributed by atoms with Crippen LogP contribution in [0.25, 0.3) is 0 Å². The topological polar surface area (TPSA) is 920 Å². The molecule has 0 aliphatic rings. The molecule has 0 heterocycles. The van der Waals surface area contributed by atoms with E-state index in [2.05, 4.69) is 16.3 Å². The summed E-state index contributed by atoms with van der Waals surface area (Å²) < 4.78 is 302. The molecule has 0 fully saturated rings. The monoisotopic (exact) mass is 2960 g/mol. The molecule has 46 nitrogen and oxygen atoms in total. The van der Waals surface area contributed by atoms with Gasteiger partial charge in [0.05, 0.1) is 0 Å². The van der Waals surface area contributed by atoms with Crippen molar-refractivity contribution in [2.24, 2.45) is 0 Å². The molecule has 0 radical (unpaired) electrons. The minimum atomic E-state index is -7.19. The van der Waals surface area contributed by atoms with Gasteiger partial charge < -0.3 is 58.8 Å². The van der Waals surface area contributed by atoms with E-state index in [4.69, 9.17) is 11.3 Å². The minimum absolute atomic E-state index is 0. The molecule has 374 valence electrons. The van der Waals surface area contributed by atoms with Gasteiger partial charge in [-0.05, 0) is 0 Å². The van der Waals surface area contributed by atoms with Crippen molar-refractivity contribution >= 4 is 0 Å². The molecule has 0 spiro atoms. The van der Waals surface area contributed by atoms with Crippen LogP contribution in [-0.4, -0.2) is 33.2 Å². The first kappa shape index (κ1) is 99.3. The molecule has 58 heavy (non-hydrogen) atoms. The zero-order valence-electron chi connectivity index (χ0n) is 27.6. The summed E-state index contributed by atoms with van der Waals surface area (Å²) in [6.45, 7) is 0. The fourth-order valence-electron chi connectivity index (χ4n) is 0.883. The Kier molecular flexibility index (Phi) is 60.2. The van der Waals surface area contributed by atoms with Crippen molar-refractivity contribution in [2.75, 3.05) is 0 Å². The van der Waals surface area contributed by atoms with E-state index in [1.807, 2.05) is 0 Å². The van der Waals surface area contributed by atoms with Gasteiger partial charge >= 0.3 is 298 Å². The summed E-state index contributed by atoms with van der Waals surface area (Å²) in [5.41, 5.74) is 0. The molecule has 0 amide bonds. The van der Waals surface area contributed by atoms with Crippen LogP contribution in [0.2, 0.25) is 0 Å². The van der Waals surface area contributed by atoms with Crippen LogP contribution in [0.1, 0.15) is 0 Å². The van der Waals surface area contributed by atoms with Crippen LogP contribution in [0, 0.1) is 0 Å². The van der Waals surface area contributed by atoms with E-state index in [9.17, 15) is 86.0 Å². The fraction of sp³-hybridized carbons (Fsp3) is 0. The summed E-state index contributed by atoms with van der Waals surface area (Å²) in [7, 11) is 0. The summed E-state index contributed by atoms with van der Waals surface area (Å²) in [6.07, 6.45) is 0. The van der Waals surface area contributed by atoms with Crippen molar-refractivity contribution in [2.45, 2.75) is 0 Å². The molecule has 58 heteroatoms. The molecule has 0 bridgehead atoms. The zero-order valence-corrected chi connectivity index (χ0v) is 62.8. The first-order valence-electron chi connectivity index (χ1n) is 7.38. The number of quaternary nitrogens is 6. The summed E-state index contributed by atoms with van der Waals surface area (Å²) in [5.74, 6) is 0. The van der Waals surface area contributed by atoms with E-state index in [1.54, 1.807) is 0 Å². The van der Waals surface area contributed by atoms with Gasteiger partial charge in [-0.2, -0.15) is 0 Å². The smallest absolute Gasteiger partial charge is 0 e. The third-order valence-electron chi connectivity index (χ3n) is 1.34. The van der Waals surface area contributed by atoms with Crippen molar-refractivity contribution in [1.29, 1.82) is 0 Å². The maximum absolute atomic E-state index is 10.6. The van der Waals surface area contributed by atoms with Crippen molar-refractivity contribution in [1.82, 2.24) is 36.9 Å². The molecular formula is H32N6O40W12. The second-order valence-electron chi connectivity index (χ2n) is 5.09. The third kappa shape index (κ3) is 76.2. The molecule has 0 aromatic carbocycles. The van der Waals surface area contributed by atoms with Gasteiger partial charge in [0.2, 0.25) is 0 Å². The van der Waals surface area contributed by atoms with Crippen molar-refractivity contribution < 1.29 is 341 Å². The summed E-state index contributed by atoms with van der Waals surface area (Å²) in [6, 6.07) is 0. The third-order valence-corrected chi connectivity index (χ3v) is 89.9. The number of hydrogen-bond acceptors (Lipinski definition) is 36. The molecule has 0 aliphatic carbocycles. The quantitative estimate of drug-likeness (QED) is 0.0693. The van der Waals surface area contributed by atoms with E-state index in [0.717, 1.165) is 0 Å². The average Bonchev–Trinajstić information content (AvgIpc) is 2.44. The first-order valence-corrected chi connectivity index (χ1v) is 60.4. The maximum atomic E-state index is 10.6. The normalized spacial score (nSPS) is 11.8. The predicted molar refractivity (Wildman–Crippen MR) is 75.8 cm³/mol. The Morgan fingerprint density at radius 3 is 0.483 bits per heavy atom. The Morgan fingerprint density at radius 1 is 0.276 bits per heavy atom. The Bertz CT molecular complexity index is 2060. The van der Waals surface area contributed by atoms with Crippen LogP contribution in [0.5, 0.6) is 0 Å². The second-order valence-corrected chi connectivity index (χ2v) is 73.7. The molecule has 0 aliphatic heterocycles. The Morgan fingerprint density at radius 2 is 0.379 bits per heavy atom. The van der Waals surface area contributed by atoms with Crippen LogP contribution >= 0.6 is 0 Å². The van der Waals surface area contributed by atoms with Crippen molar-refractivity contribution in [3.63, 3.8) is 0 Å². The second kappa shape index (κ2) is 35.1. The van der Waals surface area contributed by atoms with Crippen LogP contribution in [0.4, 0.5) is 0 Å². The number of rotatable bonds is 16. The molecule has 0 saturated carbocycles.